The third-order valence-electron chi connectivity index (χ3n) is 4.78. The molecule has 2 rings (SSSR count). The molecule has 1 aromatic carbocycles. The minimum Gasteiger partial charge on any atom is -0.493 e. The number of allylic oxidation sites excluding steroid dienone is 3. The van der Waals surface area contributed by atoms with Gasteiger partial charge in [-0.25, -0.2) is 0 Å². The molecule has 1 aromatic rings. The van der Waals surface area contributed by atoms with Gasteiger partial charge in [-0.05, 0) is 78.4 Å². The summed E-state index contributed by atoms with van der Waals surface area (Å²) in [6.45, 7) is 14.3. The van der Waals surface area contributed by atoms with Crippen LogP contribution >= 0.6 is 11.6 Å². The normalized spacial score (nSPS) is 15.3. The van der Waals surface area contributed by atoms with Crippen LogP contribution in [0.2, 0.25) is 0 Å². The first-order chi connectivity index (χ1) is 14.9. The molecular weight excluding hydrogens is 408 g/mol. The monoisotopic (exact) mass is 450 g/mol. The van der Waals surface area contributed by atoms with E-state index in [0.717, 1.165) is 30.0 Å². The molecule has 31 heavy (non-hydrogen) atoms. The second kappa shape index (κ2) is 19.1. The molecule has 5 heteroatoms. The molecule has 0 amide bonds. The quantitative estimate of drug-likeness (QED) is 0.264. The summed E-state index contributed by atoms with van der Waals surface area (Å²) in [7, 11) is 2.05. The number of ether oxygens (including phenoxy) is 1. The van der Waals surface area contributed by atoms with E-state index in [1.54, 1.807) is 0 Å². The Balaban J connectivity index is 0.000000564. The standard InChI is InChI=1S/C14H25ClN2.C10H12O2.C2H6/c1-12(6-7-13(2)15)10-14(16-3)11-17-8-4-5-9-17;1-9-3-5-10(6-4-9)12-8-2-7-11;1-2/h6-7,14,16H,4-5,8-11H2,1-3H3;3-7H,2,8H2,1H3;1-2H3/b12-6+,13-7+;;. The third-order valence-corrected chi connectivity index (χ3v) is 4.90. The van der Waals surface area contributed by atoms with Gasteiger partial charge in [0, 0.05) is 24.0 Å². The maximum Gasteiger partial charge on any atom is 0.123 e. The van der Waals surface area contributed by atoms with E-state index in [9.17, 15) is 4.79 Å². The Morgan fingerprint density at radius 2 is 1.77 bits per heavy atom. The van der Waals surface area contributed by atoms with Crippen LogP contribution in [0.1, 0.15) is 58.9 Å². The van der Waals surface area contributed by atoms with Gasteiger partial charge < -0.3 is 19.7 Å². The van der Waals surface area contributed by atoms with Crippen LogP contribution in [0, 0.1) is 6.92 Å². The predicted molar refractivity (Wildman–Crippen MR) is 135 cm³/mol. The van der Waals surface area contributed by atoms with Crippen LogP contribution in [0.3, 0.4) is 0 Å². The Labute approximate surface area is 195 Å². The number of likely N-dealkylation sites (tertiary alicyclic amines) is 1. The summed E-state index contributed by atoms with van der Waals surface area (Å²) in [5.41, 5.74) is 2.58. The van der Waals surface area contributed by atoms with Crippen molar-refractivity contribution >= 4 is 17.9 Å². The number of benzene rings is 1. The summed E-state index contributed by atoms with van der Waals surface area (Å²) in [6.07, 6.45) is 9.21. The van der Waals surface area contributed by atoms with Gasteiger partial charge in [0.15, 0.2) is 0 Å². The van der Waals surface area contributed by atoms with Crippen LogP contribution in [0.4, 0.5) is 0 Å². The average molecular weight is 451 g/mol. The maximum atomic E-state index is 9.97. The van der Waals surface area contributed by atoms with Crippen molar-refractivity contribution < 1.29 is 9.53 Å². The zero-order valence-electron chi connectivity index (χ0n) is 20.4. The lowest BCUT2D eigenvalue weighted by atomic mass is 10.1. The average Bonchev–Trinajstić information content (AvgIpc) is 3.28. The van der Waals surface area contributed by atoms with Gasteiger partial charge in [-0.3, -0.25) is 0 Å². The van der Waals surface area contributed by atoms with Gasteiger partial charge in [-0.15, -0.1) is 0 Å². The zero-order chi connectivity index (χ0) is 23.5. The number of carbonyl (C=O) groups excluding carboxylic acids is 1. The summed E-state index contributed by atoms with van der Waals surface area (Å²) in [5, 5.41) is 4.25. The molecule has 0 radical (unpaired) electrons. The van der Waals surface area contributed by atoms with Crippen LogP contribution in [-0.2, 0) is 4.79 Å². The molecule has 0 spiro atoms. The fraction of sp³-hybridized carbons (Fsp3) is 0.577. The highest BCUT2D eigenvalue weighted by molar-refractivity contribution is 6.29. The Kier molecular flexibility index (Phi) is 18.1. The molecule has 0 aromatic heterocycles. The molecule has 176 valence electrons. The Morgan fingerprint density at radius 3 is 2.29 bits per heavy atom. The number of nitrogens with one attached hydrogen (secondary N) is 1. The first-order valence-corrected chi connectivity index (χ1v) is 11.8. The second-order valence-corrected chi connectivity index (χ2v) is 8.18. The number of rotatable bonds is 10. The van der Waals surface area contributed by atoms with Gasteiger partial charge >= 0.3 is 0 Å². The highest BCUT2D eigenvalue weighted by Gasteiger charge is 2.16. The number of hydrogen-bond acceptors (Lipinski definition) is 4. The SMILES string of the molecule is CC.CNC(C/C(C)=C/C=C(\C)Cl)CN1CCCC1.Cc1ccc(OCCC=O)cc1. The molecule has 1 heterocycles. The Bertz CT molecular complexity index is 631. The van der Waals surface area contributed by atoms with Crippen LogP contribution < -0.4 is 10.1 Å². The molecule has 1 aliphatic heterocycles. The highest BCUT2D eigenvalue weighted by Crippen LogP contribution is 2.13. The van der Waals surface area contributed by atoms with Crippen molar-refractivity contribution in [3.8, 4) is 5.75 Å². The van der Waals surface area contributed by atoms with Gasteiger partial charge in [0.05, 0.1) is 6.61 Å². The number of hydrogen-bond donors (Lipinski definition) is 1. The molecule has 4 nitrogen and oxygen atoms in total. The molecule has 1 saturated heterocycles. The number of halogens is 1. The molecule has 1 unspecified atom stereocenters. The minimum atomic E-state index is 0.452. The second-order valence-electron chi connectivity index (χ2n) is 7.58. The lowest BCUT2D eigenvalue weighted by Crippen LogP contribution is -2.38. The first-order valence-electron chi connectivity index (χ1n) is 11.5. The van der Waals surface area contributed by atoms with Crippen LogP contribution in [0.15, 0.2) is 47.0 Å². The lowest BCUT2D eigenvalue weighted by molar-refractivity contribution is -0.108. The van der Waals surface area contributed by atoms with E-state index >= 15 is 0 Å². The van der Waals surface area contributed by atoms with E-state index < -0.39 is 0 Å². The fourth-order valence-electron chi connectivity index (χ4n) is 3.11. The van der Waals surface area contributed by atoms with Crippen molar-refractivity contribution in [2.45, 2.75) is 66.3 Å². The van der Waals surface area contributed by atoms with E-state index in [-0.39, 0.29) is 0 Å². The van der Waals surface area contributed by atoms with Crippen LogP contribution in [0.25, 0.3) is 0 Å². The molecular formula is C26H43ClN2O2. The number of aldehydes is 1. The van der Waals surface area contributed by atoms with E-state index in [1.807, 2.05) is 58.0 Å². The molecule has 0 bridgehead atoms. The van der Waals surface area contributed by atoms with Gasteiger partial charge in [-0.1, -0.05) is 54.8 Å². The van der Waals surface area contributed by atoms with E-state index in [2.05, 4.69) is 30.3 Å². The minimum absolute atomic E-state index is 0.452. The topological polar surface area (TPSA) is 41.6 Å². The van der Waals surface area contributed by atoms with Crippen molar-refractivity contribution in [1.29, 1.82) is 0 Å². The Hall–Kier alpha value is -1.62. The molecule has 1 fully saturated rings. The van der Waals surface area contributed by atoms with E-state index in [0.29, 0.717) is 19.1 Å². The van der Waals surface area contributed by atoms with Crippen molar-refractivity contribution in [1.82, 2.24) is 10.2 Å². The smallest absolute Gasteiger partial charge is 0.123 e. The predicted octanol–water partition coefficient (Wildman–Crippen LogP) is 6.14. The lowest BCUT2D eigenvalue weighted by Gasteiger charge is -2.23. The van der Waals surface area contributed by atoms with Crippen molar-refractivity contribution in [2.75, 3.05) is 33.3 Å². The van der Waals surface area contributed by atoms with E-state index in [4.69, 9.17) is 16.3 Å². The largest absolute Gasteiger partial charge is 0.493 e. The van der Waals surface area contributed by atoms with Crippen molar-refractivity contribution in [3.63, 3.8) is 0 Å². The summed E-state index contributed by atoms with van der Waals surface area (Å²) >= 11 is 5.82. The molecule has 1 atom stereocenters. The summed E-state index contributed by atoms with van der Waals surface area (Å²) in [5.74, 6) is 0.822. The third kappa shape index (κ3) is 15.8. The Morgan fingerprint density at radius 1 is 1.16 bits per heavy atom. The molecule has 1 N–H and O–H groups in total. The van der Waals surface area contributed by atoms with Crippen molar-refractivity contribution in [3.05, 3.63) is 52.6 Å². The summed E-state index contributed by atoms with van der Waals surface area (Å²) in [4.78, 5) is 12.5. The zero-order valence-corrected chi connectivity index (χ0v) is 21.2. The van der Waals surface area contributed by atoms with Crippen LogP contribution in [-0.4, -0.2) is 50.5 Å². The summed E-state index contributed by atoms with van der Waals surface area (Å²) < 4.78 is 5.27. The van der Waals surface area contributed by atoms with Gasteiger partial charge in [0.2, 0.25) is 0 Å². The number of nitrogens with zero attached hydrogens (tertiary/aromatic N) is 1. The highest BCUT2D eigenvalue weighted by atomic mass is 35.5. The van der Waals surface area contributed by atoms with Gasteiger partial charge in [0.1, 0.15) is 12.0 Å². The fourth-order valence-corrected chi connectivity index (χ4v) is 3.17. The van der Waals surface area contributed by atoms with Gasteiger partial charge in [-0.2, -0.15) is 0 Å². The van der Waals surface area contributed by atoms with Gasteiger partial charge in [0.25, 0.3) is 0 Å². The maximum absolute atomic E-state index is 9.97. The number of aryl methyl sites for hydroxylation is 1. The molecule has 1 aliphatic rings. The summed E-state index contributed by atoms with van der Waals surface area (Å²) in [6, 6.07) is 8.32. The molecule has 0 saturated carbocycles. The number of likely N-dealkylation sites (N-methyl/N-ethyl adjacent to an activating group) is 1. The van der Waals surface area contributed by atoms with Crippen molar-refractivity contribution in [2.24, 2.45) is 0 Å². The number of carbonyl (C=O) groups is 1. The first kappa shape index (κ1) is 29.4. The van der Waals surface area contributed by atoms with Crippen LogP contribution in [0.5, 0.6) is 5.75 Å². The van der Waals surface area contributed by atoms with E-state index in [1.165, 1.54) is 37.1 Å². The molecule has 0 aliphatic carbocycles.